The number of ether oxygens (including phenoxy) is 1. The predicted octanol–water partition coefficient (Wildman–Crippen LogP) is 4.10. The maximum absolute atomic E-state index is 5.49. The topological polar surface area (TPSA) is 9.23 Å². The maximum Gasteiger partial charge on any atom is 0.119 e. The van der Waals surface area contributed by atoms with E-state index in [0.29, 0.717) is 0 Å². The van der Waals surface area contributed by atoms with Gasteiger partial charge in [0.1, 0.15) is 5.75 Å². The number of benzene rings is 2. The van der Waals surface area contributed by atoms with Crippen LogP contribution in [-0.4, -0.2) is 7.11 Å². The normalized spacial score (nSPS) is 11.6. The summed E-state index contributed by atoms with van der Waals surface area (Å²) in [5, 5.41) is 0. The molecule has 1 heteroatoms. The van der Waals surface area contributed by atoms with Gasteiger partial charge in [0.25, 0.3) is 0 Å². The van der Waals surface area contributed by atoms with Gasteiger partial charge >= 0.3 is 0 Å². The van der Waals surface area contributed by atoms with Crippen LogP contribution in [0.25, 0.3) is 11.1 Å². The minimum absolute atomic E-state index is 0.0857. The molecule has 0 radical (unpaired) electrons. The van der Waals surface area contributed by atoms with Crippen LogP contribution in [0.1, 0.15) is 18.4 Å². The quantitative estimate of drug-likeness (QED) is 0.729. The number of terminal acetylenes is 1. The molecule has 2 aromatic rings. The zero-order chi connectivity index (χ0) is 13.0. The highest BCUT2D eigenvalue weighted by molar-refractivity contribution is 5.66. The number of rotatable bonds is 3. The zero-order valence-electron chi connectivity index (χ0n) is 10.7. The molecule has 2 rings (SSSR count). The standard InChI is InChI=1S/C17H16O/c1-4-13(2)15-10-16(12-17(11-15)18-3)14-8-6-5-7-9-14/h1,5-13H,2-3H3/t13-/m1/s1. The van der Waals surface area contributed by atoms with E-state index in [4.69, 9.17) is 11.2 Å². The summed E-state index contributed by atoms with van der Waals surface area (Å²) in [5.74, 6) is 3.68. The van der Waals surface area contributed by atoms with Crippen LogP contribution in [0.5, 0.6) is 5.75 Å². The maximum atomic E-state index is 5.49. The van der Waals surface area contributed by atoms with Crippen molar-refractivity contribution in [1.82, 2.24) is 0 Å². The lowest BCUT2D eigenvalue weighted by molar-refractivity contribution is 0.414. The van der Waals surface area contributed by atoms with Gasteiger partial charge < -0.3 is 4.74 Å². The zero-order valence-corrected chi connectivity index (χ0v) is 10.7. The second-order valence-corrected chi connectivity index (χ2v) is 4.25. The molecule has 0 aliphatic heterocycles. The van der Waals surface area contributed by atoms with Crippen molar-refractivity contribution < 1.29 is 4.74 Å². The largest absolute Gasteiger partial charge is 0.497 e. The molecule has 1 nitrogen and oxygen atoms in total. The fourth-order valence-electron chi connectivity index (χ4n) is 1.88. The van der Waals surface area contributed by atoms with Gasteiger partial charge in [-0.05, 0) is 41.8 Å². The van der Waals surface area contributed by atoms with E-state index in [1.54, 1.807) is 7.11 Å². The summed E-state index contributed by atoms with van der Waals surface area (Å²) in [4.78, 5) is 0. The third-order valence-corrected chi connectivity index (χ3v) is 3.02. The lowest BCUT2D eigenvalue weighted by Crippen LogP contribution is -1.93. The molecular formula is C17H16O. The van der Waals surface area contributed by atoms with Crippen LogP contribution in [0, 0.1) is 12.3 Å². The minimum Gasteiger partial charge on any atom is -0.497 e. The number of methoxy groups -OCH3 is 1. The number of hydrogen-bond acceptors (Lipinski definition) is 1. The molecular weight excluding hydrogens is 220 g/mol. The molecule has 2 aromatic carbocycles. The van der Waals surface area contributed by atoms with Crippen molar-refractivity contribution in [3.8, 4) is 29.2 Å². The van der Waals surface area contributed by atoms with E-state index in [0.717, 1.165) is 16.9 Å². The Morgan fingerprint density at radius 2 is 1.78 bits per heavy atom. The third-order valence-electron chi connectivity index (χ3n) is 3.02. The Kier molecular flexibility index (Phi) is 3.69. The van der Waals surface area contributed by atoms with Crippen LogP contribution in [0.4, 0.5) is 0 Å². The Bertz CT molecular complexity index is 564. The molecule has 0 saturated carbocycles. The molecule has 0 aliphatic rings. The van der Waals surface area contributed by atoms with E-state index in [9.17, 15) is 0 Å². The first-order valence-corrected chi connectivity index (χ1v) is 5.95. The Balaban J connectivity index is 2.52. The molecule has 0 unspecified atom stereocenters. The molecule has 0 aromatic heterocycles. The van der Waals surface area contributed by atoms with E-state index in [1.807, 2.05) is 37.3 Å². The fraction of sp³-hybridized carbons (Fsp3) is 0.176. The monoisotopic (exact) mass is 236 g/mol. The van der Waals surface area contributed by atoms with Crippen molar-refractivity contribution in [3.05, 3.63) is 54.1 Å². The molecule has 0 heterocycles. The SMILES string of the molecule is C#C[C@@H](C)c1cc(OC)cc(-c2ccccc2)c1. The number of hydrogen-bond donors (Lipinski definition) is 0. The Labute approximate surface area is 108 Å². The Hall–Kier alpha value is -2.20. The van der Waals surface area contributed by atoms with Crippen molar-refractivity contribution in [1.29, 1.82) is 0 Å². The fourth-order valence-corrected chi connectivity index (χ4v) is 1.88. The van der Waals surface area contributed by atoms with Gasteiger partial charge in [0.15, 0.2) is 0 Å². The Morgan fingerprint density at radius 1 is 1.06 bits per heavy atom. The van der Waals surface area contributed by atoms with Crippen molar-refractivity contribution in [2.45, 2.75) is 12.8 Å². The highest BCUT2D eigenvalue weighted by Crippen LogP contribution is 2.29. The molecule has 0 amide bonds. The summed E-state index contributed by atoms with van der Waals surface area (Å²) in [7, 11) is 1.68. The van der Waals surface area contributed by atoms with E-state index in [-0.39, 0.29) is 5.92 Å². The van der Waals surface area contributed by atoms with Crippen LogP contribution in [0.2, 0.25) is 0 Å². The molecule has 0 bridgehead atoms. The molecule has 1 atom stereocenters. The molecule has 0 aliphatic carbocycles. The molecule has 0 fully saturated rings. The van der Waals surface area contributed by atoms with E-state index < -0.39 is 0 Å². The van der Waals surface area contributed by atoms with Gasteiger partial charge in [-0.1, -0.05) is 36.3 Å². The van der Waals surface area contributed by atoms with Gasteiger partial charge in [0, 0.05) is 5.92 Å². The van der Waals surface area contributed by atoms with Crippen molar-refractivity contribution in [2.24, 2.45) is 0 Å². The second-order valence-electron chi connectivity index (χ2n) is 4.25. The average Bonchev–Trinajstić information content (AvgIpc) is 2.46. The van der Waals surface area contributed by atoms with Gasteiger partial charge in [0.2, 0.25) is 0 Å². The smallest absolute Gasteiger partial charge is 0.119 e. The summed E-state index contributed by atoms with van der Waals surface area (Å²) < 4.78 is 5.34. The molecule has 18 heavy (non-hydrogen) atoms. The average molecular weight is 236 g/mol. The molecule has 90 valence electrons. The van der Waals surface area contributed by atoms with Crippen LogP contribution in [0.3, 0.4) is 0 Å². The van der Waals surface area contributed by atoms with Gasteiger partial charge in [-0.2, -0.15) is 0 Å². The van der Waals surface area contributed by atoms with E-state index >= 15 is 0 Å². The first kappa shape index (κ1) is 12.3. The van der Waals surface area contributed by atoms with E-state index in [1.165, 1.54) is 5.56 Å². The summed E-state index contributed by atoms with van der Waals surface area (Å²) >= 11 is 0. The first-order valence-electron chi connectivity index (χ1n) is 5.95. The molecule has 0 N–H and O–H groups in total. The summed E-state index contributed by atoms with van der Waals surface area (Å²) in [6.45, 7) is 2.02. The van der Waals surface area contributed by atoms with Crippen LogP contribution < -0.4 is 4.74 Å². The van der Waals surface area contributed by atoms with Crippen molar-refractivity contribution in [3.63, 3.8) is 0 Å². The highest BCUT2D eigenvalue weighted by Gasteiger charge is 2.07. The van der Waals surface area contributed by atoms with Crippen LogP contribution in [0.15, 0.2) is 48.5 Å². The predicted molar refractivity (Wildman–Crippen MR) is 75.7 cm³/mol. The third kappa shape index (κ3) is 2.55. The van der Waals surface area contributed by atoms with E-state index in [2.05, 4.69) is 24.1 Å². The van der Waals surface area contributed by atoms with Gasteiger partial charge in [-0.3, -0.25) is 0 Å². The van der Waals surface area contributed by atoms with Crippen LogP contribution in [-0.2, 0) is 0 Å². The van der Waals surface area contributed by atoms with Gasteiger partial charge in [-0.15, -0.1) is 6.42 Å². The lowest BCUT2D eigenvalue weighted by Gasteiger charge is -2.11. The Morgan fingerprint density at radius 3 is 2.39 bits per heavy atom. The van der Waals surface area contributed by atoms with Crippen molar-refractivity contribution >= 4 is 0 Å². The summed E-state index contributed by atoms with van der Waals surface area (Å²) in [5.41, 5.74) is 3.41. The summed E-state index contributed by atoms with van der Waals surface area (Å²) in [6.07, 6.45) is 5.49. The highest BCUT2D eigenvalue weighted by atomic mass is 16.5. The minimum atomic E-state index is 0.0857. The summed E-state index contributed by atoms with van der Waals surface area (Å²) in [6, 6.07) is 16.4. The molecule has 0 spiro atoms. The first-order chi connectivity index (χ1) is 8.74. The molecule has 0 saturated heterocycles. The van der Waals surface area contributed by atoms with Crippen LogP contribution >= 0.6 is 0 Å². The lowest BCUT2D eigenvalue weighted by atomic mass is 9.96. The van der Waals surface area contributed by atoms with Crippen molar-refractivity contribution in [2.75, 3.05) is 7.11 Å². The second kappa shape index (κ2) is 5.42. The van der Waals surface area contributed by atoms with Gasteiger partial charge in [-0.25, -0.2) is 0 Å². The van der Waals surface area contributed by atoms with Gasteiger partial charge in [0.05, 0.1) is 7.11 Å².